The quantitative estimate of drug-likeness (QED) is 0.464. The molecule has 58 valence electrons. The van der Waals surface area contributed by atoms with E-state index in [4.69, 9.17) is 4.74 Å². The molecule has 0 aliphatic carbocycles. The summed E-state index contributed by atoms with van der Waals surface area (Å²) < 4.78 is 5.45. The van der Waals surface area contributed by atoms with E-state index in [1.807, 2.05) is 30.3 Å². The molecule has 1 aromatic carbocycles. The van der Waals surface area contributed by atoms with E-state index in [0.29, 0.717) is 0 Å². The fraction of sp³-hybridized carbons (Fsp3) is 0.333. The molecule has 0 radical (unpaired) electrons. The zero-order chi connectivity index (χ0) is 7.94. The van der Waals surface area contributed by atoms with Crippen LogP contribution in [0.1, 0.15) is 6.42 Å². The van der Waals surface area contributed by atoms with Crippen LogP contribution in [0.25, 0.3) is 0 Å². The highest BCUT2D eigenvalue weighted by atomic mass is 16.5. The second-order valence-corrected chi connectivity index (χ2v) is 2.52. The van der Waals surface area contributed by atoms with E-state index in [-0.39, 0.29) is 0 Å². The minimum atomic E-state index is 0.834. The van der Waals surface area contributed by atoms with Crippen LogP contribution in [0.15, 0.2) is 30.3 Å². The van der Waals surface area contributed by atoms with E-state index in [9.17, 15) is 0 Å². The van der Waals surface area contributed by atoms with Gasteiger partial charge in [-0.2, -0.15) is 0 Å². The Balaban J connectivity index is 2.28. The van der Waals surface area contributed by atoms with Crippen molar-refractivity contribution in [2.24, 2.45) is 0 Å². The van der Waals surface area contributed by atoms with Crippen LogP contribution in [0.3, 0.4) is 0 Å². The first kappa shape index (κ1) is 8.18. The zero-order valence-corrected chi connectivity index (χ0v) is 6.92. The van der Waals surface area contributed by atoms with Crippen LogP contribution in [0.4, 0.5) is 0 Å². The van der Waals surface area contributed by atoms with Gasteiger partial charge in [0.25, 0.3) is 0 Å². The highest BCUT2D eigenvalue weighted by Gasteiger charge is 1.88. The van der Waals surface area contributed by atoms with E-state index in [2.05, 4.69) is 7.85 Å². The average Bonchev–Trinajstić information content (AvgIpc) is 2.07. The van der Waals surface area contributed by atoms with Gasteiger partial charge in [0, 0.05) is 0 Å². The van der Waals surface area contributed by atoms with E-state index in [1.54, 1.807) is 0 Å². The molecule has 0 saturated heterocycles. The van der Waals surface area contributed by atoms with E-state index in [1.165, 1.54) is 6.32 Å². The third kappa shape index (κ3) is 3.12. The van der Waals surface area contributed by atoms with Crippen LogP contribution in [-0.2, 0) is 0 Å². The lowest BCUT2D eigenvalue weighted by atomic mass is 10.0. The van der Waals surface area contributed by atoms with E-state index in [0.717, 1.165) is 18.8 Å². The maximum atomic E-state index is 5.45. The second kappa shape index (κ2) is 4.83. The van der Waals surface area contributed by atoms with Crippen molar-refractivity contribution < 1.29 is 4.74 Å². The highest BCUT2D eigenvalue weighted by molar-refractivity contribution is 6.08. The lowest BCUT2D eigenvalue weighted by Crippen LogP contribution is -1.95. The molecule has 2 heteroatoms. The summed E-state index contributed by atoms with van der Waals surface area (Å²) in [6.45, 7) is 0.834. The largest absolute Gasteiger partial charge is 0.494 e. The minimum absolute atomic E-state index is 0.834. The molecular formula is C9H13BO. The molecule has 0 amide bonds. The van der Waals surface area contributed by atoms with Crippen LogP contribution >= 0.6 is 0 Å². The predicted molar refractivity (Wildman–Crippen MR) is 49.9 cm³/mol. The number of rotatable bonds is 4. The molecule has 11 heavy (non-hydrogen) atoms. The molecule has 0 saturated carbocycles. The minimum Gasteiger partial charge on any atom is -0.494 e. The standard InChI is InChI=1S/C9H13BO/c10-7-4-8-11-9-5-2-1-3-6-9/h1-3,5-6H,4,7-8,10H2. The topological polar surface area (TPSA) is 9.23 Å². The van der Waals surface area contributed by atoms with Gasteiger partial charge in [0.05, 0.1) is 6.61 Å². The molecule has 1 nitrogen and oxygen atoms in total. The van der Waals surface area contributed by atoms with Crippen molar-refractivity contribution in [1.82, 2.24) is 0 Å². The number of para-hydroxylation sites is 1. The van der Waals surface area contributed by atoms with Gasteiger partial charge in [-0.05, 0) is 18.6 Å². The summed E-state index contributed by atoms with van der Waals surface area (Å²) >= 11 is 0. The SMILES string of the molecule is BCCCOc1ccccc1. The molecule has 0 unspecified atom stereocenters. The van der Waals surface area contributed by atoms with Crippen molar-refractivity contribution in [2.75, 3.05) is 6.61 Å². The van der Waals surface area contributed by atoms with Crippen molar-refractivity contribution in [2.45, 2.75) is 12.7 Å². The lowest BCUT2D eigenvalue weighted by molar-refractivity contribution is 0.317. The van der Waals surface area contributed by atoms with Crippen molar-refractivity contribution >= 4 is 7.85 Å². The van der Waals surface area contributed by atoms with Crippen molar-refractivity contribution in [3.8, 4) is 5.75 Å². The number of hydrogen-bond donors (Lipinski definition) is 0. The Morgan fingerprint density at radius 2 is 1.91 bits per heavy atom. The second-order valence-electron chi connectivity index (χ2n) is 2.52. The Morgan fingerprint density at radius 1 is 1.18 bits per heavy atom. The van der Waals surface area contributed by atoms with Crippen molar-refractivity contribution in [3.63, 3.8) is 0 Å². The molecule has 1 rings (SSSR count). The van der Waals surface area contributed by atoms with Gasteiger partial charge in [-0.3, -0.25) is 0 Å². The number of hydrogen-bond acceptors (Lipinski definition) is 1. The average molecular weight is 148 g/mol. The Labute approximate surface area is 68.8 Å². The normalized spacial score (nSPS) is 9.45. The van der Waals surface area contributed by atoms with Gasteiger partial charge in [0.1, 0.15) is 13.6 Å². The van der Waals surface area contributed by atoms with Gasteiger partial charge in [-0.15, -0.1) is 0 Å². The lowest BCUT2D eigenvalue weighted by Gasteiger charge is -2.03. The number of ether oxygens (including phenoxy) is 1. The van der Waals surface area contributed by atoms with Crippen molar-refractivity contribution in [3.05, 3.63) is 30.3 Å². The monoisotopic (exact) mass is 148 g/mol. The fourth-order valence-electron chi connectivity index (χ4n) is 0.851. The molecule has 0 heterocycles. The third-order valence-corrected chi connectivity index (χ3v) is 1.51. The summed E-state index contributed by atoms with van der Waals surface area (Å²) in [5.41, 5.74) is 0. The first-order chi connectivity index (χ1) is 5.43. The van der Waals surface area contributed by atoms with Gasteiger partial charge in [0.2, 0.25) is 0 Å². The van der Waals surface area contributed by atoms with Gasteiger partial charge < -0.3 is 4.74 Å². The molecule has 0 spiro atoms. The van der Waals surface area contributed by atoms with E-state index < -0.39 is 0 Å². The molecule has 0 aliphatic heterocycles. The Kier molecular flexibility index (Phi) is 3.60. The summed E-state index contributed by atoms with van der Waals surface area (Å²) in [7, 11) is 2.16. The van der Waals surface area contributed by atoms with Crippen LogP contribution in [-0.4, -0.2) is 14.5 Å². The van der Waals surface area contributed by atoms with Crippen molar-refractivity contribution in [1.29, 1.82) is 0 Å². The maximum absolute atomic E-state index is 5.45. The van der Waals surface area contributed by atoms with E-state index >= 15 is 0 Å². The van der Waals surface area contributed by atoms with Crippen LogP contribution in [0, 0.1) is 0 Å². The summed E-state index contributed by atoms with van der Waals surface area (Å²) in [4.78, 5) is 0. The Bertz CT molecular complexity index is 186. The summed E-state index contributed by atoms with van der Waals surface area (Å²) in [6.07, 6.45) is 2.32. The highest BCUT2D eigenvalue weighted by Crippen LogP contribution is 2.08. The molecule has 0 bridgehead atoms. The summed E-state index contributed by atoms with van der Waals surface area (Å²) in [5, 5.41) is 0. The van der Waals surface area contributed by atoms with Gasteiger partial charge >= 0.3 is 0 Å². The van der Waals surface area contributed by atoms with Gasteiger partial charge in [-0.25, -0.2) is 0 Å². The molecule has 0 fully saturated rings. The van der Waals surface area contributed by atoms with Crippen LogP contribution in [0.5, 0.6) is 5.75 Å². The number of benzene rings is 1. The predicted octanol–water partition coefficient (Wildman–Crippen LogP) is 1.51. The fourth-order valence-corrected chi connectivity index (χ4v) is 0.851. The first-order valence-corrected chi connectivity index (χ1v) is 4.11. The molecule has 0 aliphatic rings. The smallest absolute Gasteiger partial charge is 0.119 e. The van der Waals surface area contributed by atoms with Gasteiger partial charge in [-0.1, -0.05) is 24.5 Å². The molecular weight excluding hydrogens is 135 g/mol. The van der Waals surface area contributed by atoms with Crippen LogP contribution < -0.4 is 4.74 Å². The molecule has 1 aromatic rings. The zero-order valence-electron chi connectivity index (χ0n) is 6.92. The third-order valence-electron chi connectivity index (χ3n) is 1.51. The first-order valence-electron chi connectivity index (χ1n) is 4.11. The molecule has 0 atom stereocenters. The Hall–Kier alpha value is -0.915. The summed E-state index contributed by atoms with van der Waals surface area (Å²) in [6, 6.07) is 9.93. The van der Waals surface area contributed by atoms with Crippen LogP contribution in [0.2, 0.25) is 6.32 Å². The Morgan fingerprint density at radius 3 is 2.55 bits per heavy atom. The molecule has 0 aromatic heterocycles. The summed E-state index contributed by atoms with van der Waals surface area (Å²) in [5.74, 6) is 0.973. The molecule has 0 N–H and O–H groups in total. The van der Waals surface area contributed by atoms with Gasteiger partial charge in [0.15, 0.2) is 0 Å². The maximum Gasteiger partial charge on any atom is 0.119 e.